The Balaban J connectivity index is 1.62. The number of thiophene rings is 1. The van der Waals surface area contributed by atoms with E-state index in [4.69, 9.17) is 0 Å². The number of carbonyl (C=O) groups excluding carboxylic acids is 1. The van der Waals surface area contributed by atoms with Crippen LogP contribution in [0.25, 0.3) is 10.4 Å². The van der Waals surface area contributed by atoms with E-state index in [1.165, 1.54) is 4.88 Å². The lowest BCUT2D eigenvalue weighted by Gasteiger charge is -2.13. The third-order valence-corrected chi connectivity index (χ3v) is 5.29. The molecule has 3 aromatic rings. The van der Waals surface area contributed by atoms with Gasteiger partial charge in [0.25, 0.3) is 5.91 Å². The summed E-state index contributed by atoms with van der Waals surface area (Å²) in [6.07, 6.45) is -0.742. The van der Waals surface area contributed by atoms with Crippen molar-refractivity contribution in [3.63, 3.8) is 0 Å². The molecule has 0 radical (unpaired) electrons. The molecule has 1 aromatic heterocycles. The summed E-state index contributed by atoms with van der Waals surface area (Å²) >= 11 is 5.03. The Kier molecular flexibility index (Phi) is 5.45. The first-order chi connectivity index (χ1) is 11.6. The van der Waals surface area contributed by atoms with Crippen LogP contribution in [-0.4, -0.2) is 17.6 Å². The summed E-state index contributed by atoms with van der Waals surface area (Å²) in [7, 11) is 0. The van der Waals surface area contributed by atoms with Gasteiger partial charge in [-0.1, -0.05) is 42.5 Å². The van der Waals surface area contributed by atoms with Gasteiger partial charge < -0.3 is 10.4 Å². The zero-order valence-electron chi connectivity index (χ0n) is 12.8. The van der Waals surface area contributed by atoms with Crippen LogP contribution in [0.15, 0.2) is 70.5 Å². The molecule has 0 spiro atoms. The highest BCUT2D eigenvalue weighted by atomic mass is 79.9. The molecule has 0 aliphatic heterocycles. The summed E-state index contributed by atoms with van der Waals surface area (Å²) in [4.78, 5) is 13.4. The number of hydrogen-bond donors (Lipinski definition) is 2. The lowest BCUT2D eigenvalue weighted by molar-refractivity contribution is 0.0915. The minimum atomic E-state index is -0.742. The highest BCUT2D eigenvalue weighted by molar-refractivity contribution is 9.10. The number of aliphatic hydroxyl groups excluding tert-OH is 1. The molecule has 2 N–H and O–H groups in total. The van der Waals surface area contributed by atoms with Crippen molar-refractivity contribution in [3.8, 4) is 10.4 Å². The summed E-state index contributed by atoms with van der Waals surface area (Å²) in [5, 5.41) is 15.1. The van der Waals surface area contributed by atoms with E-state index < -0.39 is 6.10 Å². The van der Waals surface area contributed by atoms with Crippen LogP contribution in [0.2, 0.25) is 0 Å². The second-order valence-electron chi connectivity index (χ2n) is 5.30. The van der Waals surface area contributed by atoms with Crippen molar-refractivity contribution < 1.29 is 9.90 Å². The Bertz CT molecular complexity index is 816. The van der Waals surface area contributed by atoms with Crippen molar-refractivity contribution >= 4 is 33.2 Å². The fourth-order valence-corrected chi connectivity index (χ4v) is 3.56. The van der Waals surface area contributed by atoms with Gasteiger partial charge in [0.15, 0.2) is 0 Å². The smallest absolute Gasteiger partial charge is 0.252 e. The van der Waals surface area contributed by atoms with Crippen LogP contribution in [0.1, 0.15) is 22.0 Å². The molecule has 0 aliphatic rings. The molecule has 122 valence electrons. The minimum absolute atomic E-state index is 0.165. The molecule has 0 aliphatic carbocycles. The summed E-state index contributed by atoms with van der Waals surface area (Å²) in [6, 6.07) is 19.0. The Morgan fingerprint density at radius 3 is 2.50 bits per heavy atom. The number of benzene rings is 2. The first-order valence-corrected chi connectivity index (χ1v) is 9.17. The van der Waals surface area contributed by atoms with Crippen LogP contribution >= 0.6 is 27.3 Å². The Morgan fingerprint density at radius 1 is 1.08 bits per heavy atom. The molecular formula is C19H16BrNO2S. The maximum Gasteiger partial charge on any atom is 0.252 e. The quantitative estimate of drug-likeness (QED) is 0.653. The zero-order valence-corrected chi connectivity index (χ0v) is 15.2. The molecule has 0 saturated heterocycles. The third kappa shape index (κ3) is 3.93. The highest BCUT2D eigenvalue weighted by Gasteiger charge is 2.13. The highest BCUT2D eigenvalue weighted by Crippen LogP contribution is 2.26. The fraction of sp³-hybridized carbons (Fsp3) is 0.105. The lowest BCUT2D eigenvalue weighted by Crippen LogP contribution is -2.28. The average Bonchev–Trinajstić information content (AvgIpc) is 3.14. The summed E-state index contributed by atoms with van der Waals surface area (Å²) < 4.78 is 0.734. The summed E-state index contributed by atoms with van der Waals surface area (Å²) in [5.41, 5.74) is 2.46. The topological polar surface area (TPSA) is 49.3 Å². The number of halogens is 1. The van der Waals surface area contributed by atoms with Gasteiger partial charge in [-0.3, -0.25) is 4.79 Å². The molecule has 0 bridgehead atoms. The van der Waals surface area contributed by atoms with Crippen LogP contribution in [0.5, 0.6) is 0 Å². The van der Waals surface area contributed by atoms with E-state index in [1.54, 1.807) is 23.5 Å². The van der Waals surface area contributed by atoms with Gasteiger partial charge >= 0.3 is 0 Å². The minimum Gasteiger partial charge on any atom is -0.387 e. The van der Waals surface area contributed by atoms with Crippen LogP contribution in [-0.2, 0) is 0 Å². The molecule has 1 heterocycles. The van der Waals surface area contributed by atoms with Crippen LogP contribution < -0.4 is 5.32 Å². The first-order valence-electron chi connectivity index (χ1n) is 7.50. The van der Waals surface area contributed by atoms with Gasteiger partial charge in [0.1, 0.15) is 0 Å². The lowest BCUT2D eigenvalue weighted by atomic mass is 10.1. The predicted molar refractivity (Wildman–Crippen MR) is 101 cm³/mol. The van der Waals surface area contributed by atoms with E-state index in [1.807, 2.05) is 47.8 Å². The maximum atomic E-state index is 12.2. The molecule has 24 heavy (non-hydrogen) atoms. The van der Waals surface area contributed by atoms with E-state index in [9.17, 15) is 9.90 Å². The Labute approximate surface area is 153 Å². The molecule has 1 amide bonds. The van der Waals surface area contributed by atoms with Gasteiger partial charge in [-0.2, -0.15) is 0 Å². The summed E-state index contributed by atoms with van der Waals surface area (Å²) in [6.45, 7) is 0.165. The van der Waals surface area contributed by atoms with Crippen molar-refractivity contribution in [1.82, 2.24) is 5.32 Å². The van der Waals surface area contributed by atoms with Gasteiger partial charge in [0.05, 0.1) is 11.7 Å². The predicted octanol–water partition coefficient (Wildman–Crippen LogP) is 4.64. The van der Waals surface area contributed by atoms with Crippen LogP contribution in [0, 0.1) is 0 Å². The number of rotatable bonds is 5. The molecule has 0 saturated carbocycles. The summed E-state index contributed by atoms with van der Waals surface area (Å²) in [5.74, 6) is -0.211. The van der Waals surface area contributed by atoms with Gasteiger partial charge in [0, 0.05) is 15.9 Å². The van der Waals surface area contributed by atoms with E-state index in [-0.39, 0.29) is 12.5 Å². The first kappa shape index (κ1) is 16.9. The number of hydrogen-bond acceptors (Lipinski definition) is 3. The van der Waals surface area contributed by atoms with Crippen LogP contribution in [0.3, 0.4) is 0 Å². The van der Waals surface area contributed by atoms with Gasteiger partial charge in [0.2, 0.25) is 0 Å². The molecule has 0 fully saturated rings. The zero-order chi connectivity index (χ0) is 16.9. The standard InChI is InChI=1S/C19H16BrNO2S/c20-16-5-2-1-4-15(16)19(23)21-12-17(22)13-7-9-14(10-8-13)18-6-3-11-24-18/h1-11,17,22H,12H2,(H,21,23). The molecule has 3 nitrogen and oxygen atoms in total. The van der Waals surface area contributed by atoms with E-state index in [2.05, 4.69) is 27.3 Å². The van der Waals surface area contributed by atoms with Gasteiger partial charge in [-0.05, 0) is 50.6 Å². The number of carbonyl (C=O) groups is 1. The largest absolute Gasteiger partial charge is 0.387 e. The third-order valence-electron chi connectivity index (χ3n) is 3.68. The van der Waals surface area contributed by atoms with E-state index in [0.29, 0.717) is 5.56 Å². The Hall–Kier alpha value is -1.95. The van der Waals surface area contributed by atoms with E-state index >= 15 is 0 Å². The van der Waals surface area contributed by atoms with Gasteiger partial charge in [-0.25, -0.2) is 0 Å². The molecule has 1 unspecified atom stereocenters. The second kappa shape index (κ2) is 7.75. The SMILES string of the molecule is O=C(NCC(O)c1ccc(-c2cccs2)cc1)c1ccccc1Br. The molecule has 5 heteroatoms. The van der Waals surface area contributed by atoms with Crippen molar-refractivity contribution in [3.05, 3.63) is 81.6 Å². The number of aliphatic hydroxyl groups is 1. The molecule has 2 aromatic carbocycles. The number of nitrogens with one attached hydrogen (secondary N) is 1. The van der Waals surface area contributed by atoms with Crippen molar-refractivity contribution in [2.45, 2.75) is 6.10 Å². The fourth-order valence-electron chi connectivity index (χ4n) is 2.36. The van der Waals surface area contributed by atoms with E-state index in [0.717, 1.165) is 15.6 Å². The van der Waals surface area contributed by atoms with Crippen molar-refractivity contribution in [2.24, 2.45) is 0 Å². The van der Waals surface area contributed by atoms with Crippen LogP contribution in [0.4, 0.5) is 0 Å². The number of amides is 1. The van der Waals surface area contributed by atoms with Crippen molar-refractivity contribution in [2.75, 3.05) is 6.54 Å². The van der Waals surface area contributed by atoms with Gasteiger partial charge in [-0.15, -0.1) is 11.3 Å². The average molecular weight is 402 g/mol. The molecular weight excluding hydrogens is 386 g/mol. The molecule has 3 rings (SSSR count). The maximum absolute atomic E-state index is 12.2. The molecule has 1 atom stereocenters. The Morgan fingerprint density at radius 2 is 1.83 bits per heavy atom. The normalized spacial score (nSPS) is 11.9. The monoisotopic (exact) mass is 401 g/mol. The second-order valence-corrected chi connectivity index (χ2v) is 7.11. The van der Waals surface area contributed by atoms with Crippen molar-refractivity contribution in [1.29, 1.82) is 0 Å².